The molecule has 0 aliphatic carbocycles. The number of hydrogen-bond donors (Lipinski definition) is 0. The minimum absolute atomic E-state index is 0.155. The van der Waals surface area contributed by atoms with Crippen LogP contribution in [0.2, 0.25) is 0 Å². The van der Waals surface area contributed by atoms with Crippen LogP contribution in [0.4, 0.5) is 0 Å². The highest BCUT2D eigenvalue weighted by Gasteiger charge is 2.25. The van der Waals surface area contributed by atoms with Gasteiger partial charge in [-0.1, -0.05) is 24.3 Å². The summed E-state index contributed by atoms with van der Waals surface area (Å²) in [6.07, 6.45) is 2.26. The molecule has 140 valence electrons. The molecule has 2 aromatic heterocycles. The van der Waals surface area contributed by atoms with Gasteiger partial charge in [-0.25, -0.2) is 17.4 Å². The van der Waals surface area contributed by atoms with Crippen molar-refractivity contribution in [2.75, 3.05) is 7.11 Å². The van der Waals surface area contributed by atoms with Crippen molar-refractivity contribution in [1.82, 2.24) is 8.96 Å². The number of aromatic nitrogens is 2. The molecule has 0 radical (unpaired) electrons. The lowest BCUT2D eigenvalue weighted by molar-refractivity contribution is 0.112. The summed E-state index contributed by atoms with van der Waals surface area (Å²) in [5, 5.41) is 0.679. The van der Waals surface area contributed by atoms with Crippen molar-refractivity contribution in [3.63, 3.8) is 0 Å². The highest BCUT2D eigenvalue weighted by Crippen LogP contribution is 2.36. The predicted octanol–water partition coefficient (Wildman–Crippen LogP) is 3.76. The first-order valence-electron chi connectivity index (χ1n) is 8.47. The molecule has 6 nitrogen and oxygen atoms in total. The fourth-order valence-corrected chi connectivity index (χ4v) is 4.63. The minimum Gasteiger partial charge on any atom is -0.496 e. The van der Waals surface area contributed by atoms with Crippen molar-refractivity contribution in [3.05, 3.63) is 78.5 Å². The molecule has 7 heteroatoms. The van der Waals surface area contributed by atoms with Gasteiger partial charge in [0.2, 0.25) is 0 Å². The van der Waals surface area contributed by atoms with Crippen LogP contribution in [0, 0.1) is 0 Å². The van der Waals surface area contributed by atoms with Crippen LogP contribution >= 0.6 is 0 Å². The van der Waals surface area contributed by atoms with E-state index in [1.807, 2.05) is 0 Å². The minimum atomic E-state index is -3.91. The van der Waals surface area contributed by atoms with Crippen molar-refractivity contribution in [3.8, 4) is 17.0 Å². The number of ether oxygens (including phenoxy) is 1. The zero-order chi connectivity index (χ0) is 19.7. The van der Waals surface area contributed by atoms with E-state index in [1.165, 1.54) is 11.1 Å². The fourth-order valence-electron chi connectivity index (χ4n) is 3.13. The van der Waals surface area contributed by atoms with Crippen molar-refractivity contribution in [2.45, 2.75) is 4.90 Å². The number of nitrogens with zero attached hydrogens (tertiary/aromatic N) is 2. The molecular weight excluding hydrogens is 376 g/mol. The average Bonchev–Trinajstić information content (AvgIpc) is 3.14. The smallest absolute Gasteiger partial charge is 0.269 e. The van der Waals surface area contributed by atoms with Gasteiger partial charge < -0.3 is 4.74 Å². The highest BCUT2D eigenvalue weighted by molar-refractivity contribution is 7.90. The maximum atomic E-state index is 13.5. The summed E-state index contributed by atoms with van der Waals surface area (Å²) in [5.41, 5.74) is 1.72. The molecule has 0 aliphatic heterocycles. The van der Waals surface area contributed by atoms with Crippen LogP contribution in [-0.4, -0.2) is 30.8 Å². The molecule has 2 aromatic carbocycles. The molecule has 0 atom stereocenters. The maximum Gasteiger partial charge on any atom is 0.269 e. The number of pyridine rings is 1. The molecule has 2 heterocycles. The third-order valence-electron chi connectivity index (χ3n) is 4.44. The first-order valence-corrected chi connectivity index (χ1v) is 9.91. The summed E-state index contributed by atoms with van der Waals surface area (Å²) in [6, 6.07) is 18.4. The molecule has 0 saturated heterocycles. The summed E-state index contributed by atoms with van der Waals surface area (Å²) in [6.45, 7) is 0. The number of methoxy groups -OCH3 is 1. The first kappa shape index (κ1) is 17.9. The molecule has 0 unspecified atom stereocenters. The Morgan fingerprint density at radius 1 is 1.00 bits per heavy atom. The Bertz CT molecular complexity index is 1280. The van der Waals surface area contributed by atoms with Crippen molar-refractivity contribution >= 4 is 27.3 Å². The van der Waals surface area contributed by atoms with Gasteiger partial charge in [0.1, 0.15) is 12.0 Å². The number of aldehydes is 1. The van der Waals surface area contributed by atoms with E-state index in [9.17, 15) is 13.2 Å². The summed E-state index contributed by atoms with van der Waals surface area (Å²) < 4.78 is 33.5. The Morgan fingerprint density at radius 3 is 2.50 bits per heavy atom. The van der Waals surface area contributed by atoms with Crippen molar-refractivity contribution in [2.24, 2.45) is 0 Å². The lowest BCUT2D eigenvalue weighted by Gasteiger charge is -2.14. The number of carbonyl (C=O) groups excluding carboxylic acids is 1. The molecule has 28 heavy (non-hydrogen) atoms. The van der Waals surface area contributed by atoms with Gasteiger partial charge >= 0.3 is 0 Å². The number of benzene rings is 2. The zero-order valence-electron chi connectivity index (χ0n) is 14.9. The molecular formula is C21H16N2O4S. The van der Waals surface area contributed by atoms with E-state index in [0.717, 1.165) is 0 Å². The fraction of sp³-hybridized carbons (Fsp3) is 0.0476. The summed E-state index contributed by atoms with van der Waals surface area (Å²) in [7, 11) is -2.44. The van der Waals surface area contributed by atoms with E-state index in [-0.39, 0.29) is 4.90 Å². The second-order valence-corrected chi connectivity index (χ2v) is 7.89. The van der Waals surface area contributed by atoms with Crippen LogP contribution in [0.5, 0.6) is 5.75 Å². The third kappa shape index (κ3) is 2.86. The SMILES string of the molecule is COc1cc(C=O)ccc1-c1cc2cccnc2n1S(=O)(=O)c1ccccc1. The number of fused-ring (bicyclic) bond motifs is 1. The van der Waals surface area contributed by atoms with Crippen LogP contribution in [0.1, 0.15) is 10.4 Å². The topological polar surface area (TPSA) is 78.3 Å². The van der Waals surface area contributed by atoms with E-state index < -0.39 is 10.0 Å². The van der Waals surface area contributed by atoms with Crippen LogP contribution in [0.25, 0.3) is 22.3 Å². The van der Waals surface area contributed by atoms with E-state index >= 15 is 0 Å². The first-order chi connectivity index (χ1) is 13.6. The Balaban J connectivity index is 2.07. The van der Waals surface area contributed by atoms with Gasteiger partial charge in [-0.2, -0.15) is 0 Å². The summed E-state index contributed by atoms with van der Waals surface area (Å²) in [4.78, 5) is 15.6. The van der Waals surface area contributed by atoms with Crippen LogP contribution in [-0.2, 0) is 10.0 Å². The largest absolute Gasteiger partial charge is 0.496 e. The molecule has 0 saturated carbocycles. The number of hydrogen-bond acceptors (Lipinski definition) is 5. The lowest BCUT2D eigenvalue weighted by Crippen LogP contribution is -2.14. The Labute approximate surface area is 162 Å². The van der Waals surface area contributed by atoms with Crippen LogP contribution < -0.4 is 4.74 Å². The quantitative estimate of drug-likeness (QED) is 0.483. The van der Waals surface area contributed by atoms with E-state index in [0.29, 0.717) is 39.9 Å². The predicted molar refractivity (Wildman–Crippen MR) is 106 cm³/mol. The van der Waals surface area contributed by atoms with E-state index in [4.69, 9.17) is 4.74 Å². The van der Waals surface area contributed by atoms with Gasteiger partial charge in [0.25, 0.3) is 10.0 Å². The van der Waals surface area contributed by atoms with Crippen LogP contribution in [0.15, 0.2) is 77.8 Å². The standard InChI is InChI=1S/C21H16N2O4S/c1-27-20-12-15(14-24)9-10-18(20)19-13-16-6-5-11-22-21(16)23(19)28(25,26)17-7-3-2-4-8-17/h2-14H,1H3. The Kier molecular flexibility index (Phi) is 4.44. The number of carbonyl (C=O) groups is 1. The average molecular weight is 392 g/mol. The van der Waals surface area contributed by atoms with Gasteiger partial charge in [0.15, 0.2) is 5.65 Å². The second-order valence-electron chi connectivity index (χ2n) is 6.11. The molecule has 0 N–H and O–H groups in total. The number of rotatable bonds is 5. The summed E-state index contributed by atoms with van der Waals surface area (Å²) in [5.74, 6) is 0.400. The van der Waals surface area contributed by atoms with Gasteiger partial charge in [-0.15, -0.1) is 0 Å². The van der Waals surface area contributed by atoms with Crippen LogP contribution in [0.3, 0.4) is 0 Å². The highest BCUT2D eigenvalue weighted by atomic mass is 32.2. The lowest BCUT2D eigenvalue weighted by atomic mass is 10.1. The van der Waals surface area contributed by atoms with E-state index in [2.05, 4.69) is 4.98 Å². The van der Waals surface area contributed by atoms with Gasteiger partial charge in [0, 0.05) is 22.7 Å². The van der Waals surface area contributed by atoms with Gasteiger partial charge in [-0.3, -0.25) is 4.79 Å². The van der Waals surface area contributed by atoms with Gasteiger partial charge in [0.05, 0.1) is 17.7 Å². The molecule has 0 bridgehead atoms. The zero-order valence-corrected chi connectivity index (χ0v) is 15.8. The second kappa shape index (κ2) is 6.94. The molecule has 0 amide bonds. The van der Waals surface area contributed by atoms with Crippen molar-refractivity contribution in [1.29, 1.82) is 0 Å². The molecule has 4 rings (SSSR count). The monoisotopic (exact) mass is 392 g/mol. The third-order valence-corrected chi connectivity index (χ3v) is 6.16. The summed E-state index contributed by atoms with van der Waals surface area (Å²) >= 11 is 0. The molecule has 0 aliphatic rings. The van der Waals surface area contributed by atoms with Crippen molar-refractivity contribution < 1.29 is 17.9 Å². The molecule has 0 spiro atoms. The normalized spacial score (nSPS) is 11.5. The molecule has 0 fully saturated rings. The Morgan fingerprint density at radius 2 is 1.79 bits per heavy atom. The van der Waals surface area contributed by atoms with Gasteiger partial charge in [-0.05, 0) is 42.5 Å². The molecule has 4 aromatic rings. The Hall–Kier alpha value is -3.45. The maximum absolute atomic E-state index is 13.5. The van der Waals surface area contributed by atoms with E-state index in [1.54, 1.807) is 72.9 Å².